The number of halogens is 5. The standard InChI is InChI=1S/C12H13ClFN3O2.C2HF3O2/c13-9-5-8(14)1-2-10(9)16-11(18)7-17-4-3-15-6-12(17)19;3-2(4,5)1(6)7/h1-2,5,15H,3-4,6-7H2,(H,16,18);(H,6,7). The molecule has 0 bridgehead atoms. The van der Waals surface area contributed by atoms with Crippen LogP contribution in [0.3, 0.4) is 0 Å². The molecule has 0 saturated carbocycles. The number of carbonyl (C=O) groups excluding carboxylic acids is 2. The lowest BCUT2D eigenvalue weighted by Crippen LogP contribution is -2.50. The minimum absolute atomic E-state index is 0.0335. The Morgan fingerprint density at radius 3 is 2.46 bits per heavy atom. The van der Waals surface area contributed by atoms with Crippen molar-refractivity contribution >= 4 is 35.1 Å². The van der Waals surface area contributed by atoms with Gasteiger partial charge in [-0.1, -0.05) is 11.6 Å². The predicted octanol–water partition coefficient (Wildman–Crippen LogP) is 1.48. The smallest absolute Gasteiger partial charge is 0.475 e. The SMILES string of the molecule is O=C(CN1CCNCC1=O)Nc1ccc(F)cc1Cl.O=C(O)C(F)(F)F. The highest BCUT2D eigenvalue weighted by molar-refractivity contribution is 6.33. The summed E-state index contributed by atoms with van der Waals surface area (Å²) in [6.45, 7) is 1.36. The van der Waals surface area contributed by atoms with Crippen LogP contribution in [0.1, 0.15) is 0 Å². The molecule has 3 N–H and O–H groups in total. The second kappa shape index (κ2) is 9.34. The van der Waals surface area contributed by atoms with E-state index in [0.29, 0.717) is 18.8 Å². The summed E-state index contributed by atoms with van der Waals surface area (Å²) in [7, 11) is 0. The second-order valence-electron chi connectivity index (χ2n) is 4.97. The van der Waals surface area contributed by atoms with Gasteiger partial charge in [-0.2, -0.15) is 13.2 Å². The average molecular weight is 400 g/mol. The third kappa shape index (κ3) is 7.23. The number of aliphatic carboxylic acids is 1. The molecule has 0 unspecified atom stereocenters. The van der Waals surface area contributed by atoms with Crippen LogP contribution in [0.2, 0.25) is 5.02 Å². The third-order valence-electron chi connectivity index (χ3n) is 2.97. The van der Waals surface area contributed by atoms with Crippen LogP contribution in [0.25, 0.3) is 0 Å². The van der Waals surface area contributed by atoms with E-state index in [-0.39, 0.29) is 29.9 Å². The lowest BCUT2D eigenvalue weighted by molar-refractivity contribution is -0.192. The molecule has 1 fully saturated rings. The van der Waals surface area contributed by atoms with E-state index in [4.69, 9.17) is 21.5 Å². The molecule has 1 aromatic rings. The van der Waals surface area contributed by atoms with Crippen molar-refractivity contribution in [3.8, 4) is 0 Å². The maximum absolute atomic E-state index is 12.9. The van der Waals surface area contributed by atoms with Gasteiger partial charge in [0.25, 0.3) is 0 Å². The number of nitrogens with zero attached hydrogens (tertiary/aromatic N) is 1. The van der Waals surface area contributed by atoms with Crippen LogP contribution in [0.4, 0.5) is 23.2 Å². The van der Waals surface area contributed by atoms with Crippen LogP contribution in [0.15, 0.2) is 18.2 Å². The first kappa shape index (κ1) is 21.6. The first-order valence-electron chi connectivity index (χ1n) is 7.04. The minimum Gasteiger partial charge on any atom is -0.475 e. The number of rotatable bonds is 3. The molecule has 26 heavy (non-hydrogen) atoms. The van der Waals surface area contributed by atoms with E-state index in [1.54, 1.807) is 0 Å². The highest BCUT2D eigenvalue weighted by Gasteiger charge is 2.38. The molecule has 0 atom stereocenters. The molecule has 12 heteroatoms. The van der Waals surface area contributed by atoms with E-state index >= 15 is 0 Å². The fourth-order valence-electron chi connectivity index (χ4n) is 1.77. The summed E-state index contributed by atoms with van der Waals surface area (Å²) in [5, 5.41) is 12.7. The Labute approximate surface area is 149 Å². The van der Waals surface area contributed by atoms with Crippen LogP contribution in [-0.4, -0.2) is 60.1 Å². The molecule has 1 heterocycles. The number of carbonyl (C=O) groups is 3. The summed E-state index contributed by atoms with van der Waals surface area (Å²) in [4.78, 5) is 33.6. The van der Waals surface area contributed by atoms with Gasteiger partial charge in [-0.05, 0) is 18.2 Å². The van der Waals surface area contributed by atoms with E-state index in [1.807, 2.05) is 0 Å². The predicted molar refractivity (Wildman–Crippen MR) is 83.2 cm³/mol. The lowest BCUT2D eigenvalue weighted by Gasteiger charge is -2.26. The van der Waals surface area contributed by atoms with E-state index in [1.165, 1.54) is 17.0 Å². The number of carboxylic acids is 1. The van der Waals surface area contributed by atoms with Gasteiger partial charge in [0.1, 0.15) is 5.82 Å². The molecule has 144 valence electrons. The van der Waals surface area contributed by atoms with Crippen molar-refractivity contribution in [1.82, 2.24) is 10.2 Å². The van der Waals surface area contributed by atoms with Crippen molar-refractivity contribution in [2.45, 2.75) is 6.18 Å². The summed E-state index contributed by atoms with van der Waals surface area (Å²) in [6.07, 6.45) is -5.08. The Hall–Kier alpha value is -2.40. The molecule has 1 saturated heterocycles. The molecule has 1 aliphatic heterocycles. The minimum atomic E-state index is -5.08. The lowest BCUT2D eigenvalue weighted by atomic mass is 10.3. The normalized spacial score (nSPS) is 14.3. The van der Waals surface area contributed by atoms with Crippen molar-refractivity contribution < 1.29 is 37.1 Å². The molecule has 2 amide bonds. The first-order chi connectivity index (χ1) is 12.0. The maximum Gasteiger partial charge on any atom is 0.490 e. The third-order valence-corrected chi connectivity index (χ3v) is 3.28. The number of alkyl halides is 3. The molecular weight excluding hydrogens is 386 g/mol. The molecule has 0 radical (unpaired) electrons. The number of hydrogen-bond donors (Lipinski definition) is 3. The van der Waals surface area contributed by atoms with Crippen LogP contribution in [0, 0.1) is 5.82 Å². The highest BCUT2D eigenvalue weighted by atomic mass is 35.5. The first-order valence-corrected chi connectivity index (χ1v) is 7.42. The quantitative estimate of drug-likeness (QED) is 0.669. The average Bonchev–Trinajstić information content (AvgIpc) is 2.52. The monoisotopic (exact) mass is 399 g/mol. The van der Waals surface area contributed by atoms with Crippen LogP contribution < -0.4 is 10.6 Å². The fraction of sp³-hybridized carbons (Fsp3) is 0.357. The number of hydrogen-bond acceptors (Lipinski definition) is 4. The van der Waals surface area contributed by atoms with Crippen molar-refractivity contribution in [3.05, 3.63) is 29.0 Å². The van der Waals surface area contributed by atoms with Gasteiger partial charge in [-0.15, -0.1) is 0 Å². The van der Waals surface area contributed by atoms with Gasteiger partial charge in [0, 0.05) is 13.1 Å². The van der Waals surface area contributed by atoms with Gasteiger partial charge in [-0.25, -0.2) is 9.18 Å². The summed E-state index contributed by atoms with van der Waals surface area (Å²) in [5.41, 5.74) is 0.329. The van der Waals surface area contributed by atoms with Gasteiger partial charge in [0.15, 0.2) is 0 Å². The Balaban J connectivity index is 0.000000412. The Morgan fingerprint density at radius 1 is 1.35 bits per heavy atom. The zero-order valence-corrected chi connectivity index (χ0v) is 13.8. The highest BCUT2D eigenvalue weighted by Crippen LogP contribution is 2.22. The molecule has 1 aliphatic rings. The van der Waals surface area contributed by atoms with Crippen molar-refractivity contribution in [3.63, 3.8) is 0 Å². The summed E-state index contributed by atoms with van der Waals surface area (Å²) in [6, 6.07) is 3.71. The second-order valence-corrected chi connectivity index (χ2v) is 5.37. The molecule has 1 aromatic carbocycles. The van der Waals surface area contributed by atoms with Gasteiger partial charge in [0.05, 0.1) is 23.8 Å². The largest absolute Gasteiger partial charge is 0.490 e. The van der Waals surface area contributed by atoms with Crippen LogP contribution in [0.5, 0.6) is 0 Å². The molecule has 0 aromatic heterocycles. The number of anilines is 1. The summed E-state index contributed by atoms with van der Waals surface area (Å²) in [5.74, 6) is -3.71. The van der Waals surface area contributed by atoms with Gasteiger partial charge in [-0.3, -0.25) is 9.59 Å². The zero-order chi connectivity index (χ0) is 19.9. The van der Waals surface area contributed by atoms with Gasteiger partial charge in [0.2, 0.25) is 11.8 Å². The van der Waals surface area contributed by atoms with E-state index in [0.717, 1.165) is 6.07 Å². The molecule has 0 aliphatic carbocycles. The number of carboxylic acid groups (broad SMARTS) is 1. The molecule has 2 rings (SSSR count). The van der Waals surface area contributed by atoms with Gasteiger partial charge >= 0.3 is 12.1 Å². The summed E-state index contributed by atoms with van der Waals surface area (Å²) < 4.78 is 44.6. The molecule has 7 nitrogen and oxygen atoms in total. The number of piperazine rings is 1. The Kier molecular flexibility index (Phi) is 7.77. The molecular formula is C14H14ClF4N3O4. The van der Waals surface area contributed by atoms with Gasteiger partial charge < -0.3 is 20.6 Å². The maximum atomic E-state index is 12.9. The summed E-state index contributed by atoms with van der Waals surface area (Å²) >= 11 is 5.80. The number of benzene rings is 1. The number of amides is 2. The van der Waals surface area contributed by atoms with E-state index in [9.17, 15) is 27.2 Å². The van der Waals surface area contributed by atoms with Crippen molar-refractivity contribution in [1.29, 1.82) is 0 Å². The van der Waals surface area contributed by atoms with E-state index in [2.05, 4.69) is 10.6 Å². The topological polar surface area (TPSA) is 98.7 Å². The molecule has 0 spiro atoms. The fourth-order valence-corrected chi connectivity index (χ4v) is 1.98. The zero-order valence-electron chi connectivity index (χ0n) is 13.1. The van der Waals surface area contributed by atoms with E-state index < -0.39 is 18.0 Å². The Bertz CT molecular complexity index is 685. The van der Waals surface area contributed by atoms with Crippen molar-refractivity contribution in [2.24, 2.45) is 0 Å². The Morgan fingerprint density at radius 2 is 1.96 bits per heavy atom. The van der Waals surface area contributed by atoms with Crippen molar-refractivity contribution in [2.75, 3.05) is 31.5 Å². The van der Waals surface area contributed by atoms with Crippen LogP contribution in [-0.2, 0) is 14.4 Å². The number of nitrogens with one attached hydrogen (secondary N) is 2. The van der Waals surface area contributed by atoms with Crippen LogP contribution >= 0.6 is 11.6 Å².